The van der Waals surface area contributed by atoms with E-state index in [4.69, 9.17) is 4.74 Å². The molecule has 2 unspecified atom stereocenters. The summed E-state index contributed by atoms with van der Waals surface area (Å²) in [5.74, 6) is -0.319. The van der Waals surface area contributed by atoms with E-state index < -0.39 is 6.10 Å². The molecule has 0 aromatic heterocycles. The quantitative estimate of drug-likeness (QED) is 0.424. The molecule has 2 atom stereocenters. The first kappa shape index (κ1) is 18.4. The highest BCUT2D eigenvalue weighted by atomic mass is 16.5. The predicted octanol–water partition coefficient (Wildman–Crippen LogP) is 2.80. The zero-order chi connectivity index (χ0) is 14.5. The fraction of sp³-hybridized carbons (Fsp3) is 0.933. The second kappa shape index (κ2) is 12.4. The van der Waals surface area contributed by atoms with E-state index in [0.29, 0.717) is 19.4 Å². The van der Waals surface area contributed by atoms with Gasteiger partial charge in [-0.3, -0.25) is 4.79 Å². The Bertz CT molecular complexity index is 218. The smallest absolute Gasteiger partial charge is 0.308 e. The van der Waals surface area contributed by atoms with Crippen LogP contribution in [0.2, 0.25) is 0 Å². The Balaban J connectivity index is 3.47. The molecule has 0 aliphatic rings. The molecule has 0 aromatic rings. The normalized spacial score (nSPS) is 14.1. The van der Waals surface area contributed by atoms with Crippen molar-refractivity contribution in [2.24, 2.45) is 0 Å². The third-order valence-corrected chi connectivity index (χ3v) is 3.21. The number of ether oxygens (including phenoxy) is 1. The molecule has 4 nitrogen and oxygen atoms in total. The molecule has 0 radical (unpaired) electrons. The van der Waals surface area contributed by atoms with Gasteiger partial charge < -0.3 is 14.9 Å². The summed E-state index contributed by atoms with van der Waals surface area (Å²) in [4.78, 5) is 11.4. The van der Waals surface area contributed by atoms with E-state index in [1.165, 1.54) is 6.42 Å². The molecule has 0 saturated heterocycles. The van der Waals surface area contributed by atoms with Crippen molar-refractivity contribution in [3.05, 3.63) is 0 Å². The second-order valence-corrected chi connectivity index (χ2v) is 5.13. The van der Waals surface area contributed by atoms with Crippen molar-refractivity contribution < 1.29 is 19.7 Å². The average molecular weight is 274 g/mol. The standard InChI is InChI=1S/C15H30O4/c1-3-5-6-7-11-19-15(18)12-14(17)10-8-9-13(16)4-2/h13-14,16-17H,3-12H2,1-2H3. The summed E-state index contributed by atoms with van der Waals surface area (Å²) in [5.41, 5.74) is 0. The lowest BCUT2D eigenvalue weighted by atomic mass is 10.1. The summed E-state index contributed by atoms with van der Waals surface area (Å²) in [6, 6.07) is 0. The average Bonchev–Trinajstić information content (AvgIpc) is 2.38. The lowest BCUT2D eigenvalue weighted by molar-refractivity contribution is -0.146. The van der Waals surface area contributed by atoms with Crippen LogP contribution in [-0.4, -0.2) is 35.0 Å². The number of esters is 1. The van der Waals surface area contributed by atoms with Gasteiger partial charge in [-0.25, -0.2) is 0 Å². The van der Waals surface area contributed by atoms with Gasteiger partial charge in [0.25, 0.3) is 0 Å². The first-order valence-corrected chi connectivity index (χ1v) is 7.61. The first-order valence-electron chi connectivity index (χ1n) is 7.61. The maximum absolute atomic E-state index is 11.4. The summed E-state index contributed by atoms with van der Waals surface area (Å²) in [6.45, 7) is 4.52. The van der Waals surface area contributed by atoms with Crippen molar-refractivity contribution in [2.75, 3.05) is 6.61 Å². The minimum Gasteiger partial charge on any atom is -0.466 e. The largest absolute Gasteiger partial charge is 0.466 e. The Morgan fingerprint density at radius 2 is 1.68 bits per heavy atom. The van der Waals surface area contributed by atoms with Gasteiger partial charge in [-0.2, -0.15) is 0 Å². The van der Waals surface area contributed by atoms with Gasteiger partial charge in [0, 0.05) is 0 Å². The molecule has 0 aliphatic heterocycles. The van der Waals surface area contributed by atoms with Crippen molar-refractivity contribution in [3.63, 3.8) is 0 Å². The van der Waals surface area contributed by atoms with Crippen molar-refractivity contribution in [3.8, 4) is 0 Å². The summed E-state index contributed by atoms with van der Waals surface area (Å²) in [5, 5.41) is 19.0. The number of hydrogen-bond donors (Lipinski definition) is 2. The molecule has 0 aromatic carbocycles. The zero-order valence-electron chi connectivity index (χ0n) is 12.4. The molecule has 2 N–H and O–H groups in total. The maximum Gasteiger partial charge on any atom is 0.308 e. The summed E-state index contributed by atoms with van der Waals surface area (Å²) in [6.07, 6.45) is 6.13. The van der Waals surface area contributed by atoms with E-state index in [2.05, 4.69) is 6.92 Å². The summed E-state index contributed by atoms with van der Waals surface area (Å²) in [7, 11) is 0. The minimum absolute atomic E-state index is 0.0655. The van der Waals surface area contributed by atoms with Gasteiger partial charge in [0.05, 0.1) is 25.2 Å². The van der Waals surface area contributed by atoms with Crippen LogP contribution in [0.3, 0.4) is 0 Å². The minimum atomic E-state index is -0.646. The molecule has 0 fully saturated rings. The van der Waals surface area contributed by atoms with E-state index in [9.17, 15) is 15.0 Å². The number of aliphatic hydroxyl groups is 2. The Kier molecular flexibility index (Phi) is 12.0. The van der Waals surface area contributed by atoms with Crippen LogP contribution in [0.4, 0.5) is 0 Å². The van der Waals surface area contributed by atoms with Gasteiger partial charge in [-0.15, -0.1) is 0 Å². The van der Waals surface area contributed by atoms with E-state index in [-0.39, 0.29) is 18.5 Å². The molecule has 4 heteroatoms. The fourth-order valence-corrected chi connectivity index (χ4v) is 1.86. The van der Waals surface area contributed by atoms with Crippen LogP contribution >= 0.6 is 0 Å². The monoisotopic (exact) mass is 274 g/mol. The molecular formula is C15H30O4. The van der Waals surface area contributed by atoms with E-state index in [0.717, 1.165) is 32.1 Å². The highest BCUT2D eigenvalue weighted by Crippen LogP contribution is 2.09. The van der Waals surface area contributed by atoms with Gasteiger partial charge in [0.1, 0.15) is 0 Å². The molecule has 0 amide bonds. The Hall–Kier alpha value is -0.610. The third kappa shape index (κ3) is 12.2. The maximum atomic E-state index is 11.4. The topological polar surface area (TPSA) is 66.8 Å². The Morgan fingerprint density at radius 1 is 1.00 bits per heavy atom. The SMILES string of the molecule is CCCCCCOC(=O)CC(O)CCCC(O)CC. The number of rotatable bonds is 12. The molecule has 19 heavy (non-hydrogen) atoms. The van der Waals surface area contributed by atoms with Crippen LogP contribution in [0.1, 0.15) is 71.6 Å². The lowest BCUT2D eigenvalue weighted by Crippen LogP contribution is -2.17. The molecule has 0 spiro atoms. The van der Waals surface area contributed by atoms with Gasteiger partial charge in [0.2, 0.25) is 0 Å². The van der Waals surface area contributed by atoms with Crippen LogP contribution in [-0.2, 0) is 9.53 Å². The fourth-order valence-electron chi connectivity index (χ4n) is 1.86. The van der Waals surface area contributed by atoms with E-state index >= 15 is 0 Å². The summed E-state index contributed by atoms with van der Waals surface area (Å²) >= 11 is 0. The molecule has 0 heterocycles. The molecular weight excluding hydrogens is 244 g/mol. The first-order chi connectivity index (χ1) is 9.10. The van der Waals surface area contributed by atoms with Gasteiger partial charge in [0.15, 0.2) is 0 Å². The Labute approximate surface area is 117 Å². The van der Waals surface area contributed by atoms with Crippen molar-refractivity contribution in [2.45, 2.75) is 83.8 Å². The highest BCUT2D eigenvalue weighted by Gasteiger charge is 2.12. The lowest BCUT2D eigenvalue weighted by Gasteiger charge is -2.12. The van der Waals surface area contributed by atoms with Crippen LogP contribution in [0.5, 0.6) is 0 Å². The molecule has 0 saturated carbocycles. The number of aliphatic hydroxyl groups excluding tert-OH is 2. The molecule has 0 bridgehead atoms. The molecule has 0 aliphatic carbocycles. The molecule has 114 valence electrons. The van der Waals surface area contributed by atoms with Gasteiger partial charge in [-0.05, 0) is 32.1 Å². The van der Waals surface area contributed by atoms with Crippen molar-refractivity contribution in [1.29, 1.82) is 0 Å². The number of carbonyl (C=O) groups excluding carboxylic acids is 1. The van der Waals surface area contributed by atoms with Crippen LogP contribution in [0, 0.1) is 0 Å². The number of unbranched alkanes of at least 4 members (excludes halogenated alkanes) is 3. The van der Waals surface area contributed by atoms with Crippen molar-refractivity contribution >= 4 is 5.97 Å². The summed E-state index contributed by atoms with van der Waals surface area (Å²) < 4.78 is 5.06. The second-order valence-electron chi connectivity index (χ2n) is 5.13. The Morgan fingerprint density at radius 3 is 2.32 bits per heavy atom. The van der Waals surface area contributed by atoms with Crippen molar-refractivity contribution in [1.82, 2.24) is 0 Å². The number of carbonyl (C=O) groups is 1. The van der Waals surface area contributed by atoms with Crippen LogP contribution in [0.25, 0.3) is 0 Å². The van der Waals surface area contributed by atoms with Crippen LogP contribution in [0.15, 0.2) is 0 Å². The molecule has 0 rings (SSSR count). The van der Waals surface area contributed by atoms with Gasteiger partial charge >= 0.3 is 5.97 Å². The van der Waals surface area contributed by atoms with Crippen LogP contribution < -0.4 is 0 Å². The zero-order valence-corrected chi connectivity index (χ0v) is 12.4. The number of hydrogen-bond acceptors (Lipinski definition) is 4. The predicted molar refractivity (Wildman–Crippen MR) is 75.9 cm³/mol. The van der Waals surface area contributed by atoms with E-state index in [1.807, 2.05) is 6.92 Å². The highest BCUT2D eigenvalue weighted by molar-refractivity contribution is 5.69. The van der Waals surface area contributed by atoms with Gasteiger partial charge in [-0.1, -0.05) is 33.1 Å². The van der Waals surface area contributed by atoms with E-state index in [1.54, 1.807) is 0 Å². The third-order valence-electron chi connectivity index (χ3n) is 3.21.